The minimum atomic E-state index is -0.128. The Bertz CT molecular complexity index is 325. The van der Waals surface area contributed by atoms with Crippen molar-refractivity contribution in [3.63, 3.8) is 0 Å². The van der Waals surface area contributed by atoms with Gasteiger partial charge in [-0.2, -0.15) is 0 Å². The number of ether oxygens (including phenoxy) is 1. The highest BCUT2D eigenvalue weighted by atomic mass is 127. The molecular formula is C11H16INO3. The number of esters is 1. The maximum atomic E-state index is 11.0. The van der Waals surface area contributed by atoms with Crippen molar-refractivity contribution in [3.8, 4) is 0 Å². The third-order valence-corrected chi connectivity index (χ3v) is 2.55. The molecule has 0 fully saturated rings. The molecule has 0 unspecified atom stereocenters. The fourth-order valence-electron chi connectivity index (χ4n) is 1.25. The molecule has 0 radical (unpaired) electrons. The van der Waals surface area contributed by atoms with Gasteiger partial charge in [0.1, 0.15) is 5.76 Å². The molecule has 0 aliphatic rings. The van der Waals surface area contributed by atoms with Gasteiger partial charge >= 0.3 is 5.97 Å². The Morgan fingerprint density at radius 1 is 1.56 bits per heavy atom. The largest absolute Gasteiger partial charge is 0.466 e. The topological polar surface area (TPSA) is 51.5 Å². The fourth-order valence-corrected chi connectivity index (χ4v) is 1.71. The van der Waals surface area contributed by atoms with Crippen molar-refractivity contribution in [1.82, 2.24) is 5.32 Å². The first-order valence-corrected chi connectivity index (χ1v) is 6.40. The van der Waals surface area contributed by atoms with Crippen LogP contribution >= 0.6 is 22.6 Å². The van der Waals surface area contributed by atoms with Crippen LogP contribution in [-0.2, 0) is 16.1 Å². The monoisotopic (exact) mass is 337 g/mol. The lowest BCUT2D eigenvalue weighted by molar-refractivity contribution is -0.143. The zero-order valence-corrected chi connectivity index (χ0v) is 11.5. The van der Waals surface area contributed by atoms with Crippen LogP contribution in [-0.4, -0.2) is 19.1 Å². The van der Waals surface area contributed by atoms with Gasteiger partial charge < -0.3 is 14.5 Å². The summed E-state index contributed by atoms with van der Waals surface area (Å²) >= 11 is 2.13. The van der Waals surface area contributed by atoms with Crippen molar-refractivity contribution in [1.29, 1.82) is 0 Å². The van der Waals surface area contributed by atoms with E-state index in [9.17, 15) is 4.79 Å². The molecule has 1 aromatic rings. The predicted molar refractivity (Wildman–Crippen MR) is 69.0 cm³/mol. The number of hydrogen-bond donors (Lipinski definition) is 1. The Kier molecular flexibility index (Phi) is 6.47. The maximum absolute atomic E-state index is 11.0. The zero-order valence-electron chi connectivity index (χ0n) is 9.29. The van der Waals surface area contributed by atoms with E-state index < -0.39 is 0 Å². The van der Waals surface area contributed by atoms with E-state index in [4.69, 9.17) is 9.15 Å². The molecule has 0 aliphatic heterocycles. The van der Waals surface area contributed by atoms with Crippen LogP contribution in [0.15, 0.2) is 16.5 Å². The van der Waals surface area contributed by atoms with E-state index in [2.05, 4.69) is 27.9 Å². The fraction of sp³-hybridized carbons (Fsp3) is 0.545. The summed E-state index contributed by atoms with van der Waals surface area (Å²) in [5.41, 5.74) is 0. The first kappa shape index (κ1) is 13.5. The minimum absolute atomic E-state index is 0.128. The molecule has 0 saturated carbocycles. The van der Waals surface area contributed by atoms with Crippen LogP contribution in [0.5, 0.6) is 0 Å². The van der Waals surface area contributed by atoms with Gasteiger partial charge in [0.2, 0.25) is 0 Å². The van der Waals surface area contributed by atoms with Gasteiger partial charge in [0.15, 0.2) is 3.77 Å². The van der Waals surface area contributed by atoms with Crippen molar-refractivity contribution in [2.75, 3.05) is 13.2 Å². The van der Waals surface area contributed by atoms with Crippen molar-refractivity contribution in [2.24, 2.45) is 0 Å². The van der Waals surface area contributed by atoms with Gasteiger partial charge in [-0.05, 0) is 54.6 Å². The van der Waals surface area contributed by atoms with Crippen LogP contribution in [0.3, 0.4) is 0 Å². The van der Waals surface area contributed by atoms with E-state index in [0.29, 0.717) is 19.6 Å². The summed E-state index contributed by atoms with van der Waals surface area (Å²) in [6.45, 7) is 3.76. The predicted octanol–water partition coefficient (Wildman–Crippen LogP) is 2.32. The molecule has 1 rings (SSSR count). The second-order valence-corrected chi connectivity index (χ2v) is 4.35. The lowest BCUT2D eigenvalue weighted by atomic mass is 10.3. The van der Waals surface area contributed by atoms with Crippen LogP contribution in [0.25, 0.3) is 0 Å². The van der Waals surface area contributed by atoms with E-state index in [1.165, 1.54) is 0 Å². The van der Waals surface area contributed by atoms with Crippen molar-refractivity contribution in [3.05, 3.63) is 21.7 Å². The van der Waals surface area contributed by atoms with Gasteiger partial charge in [0.25, 0.3) is 0 Å². The number of carbonyl (C=O) groups excluding carboxylic acids is 1. The average molecular weight is 337 g/mol. The van der Waals surface area contributed by atoms with Gasteiger partial charge in [0.05, 0.1) is 13.2 Å². The summed E-state index contributed by atoms with van der Waals surface area (Å²) in [4.78, 5) is 11.0. The van der Waals surface area contributed by atoms with Crippen LogP contribution in [0.4, 0.5) is 0 Å². The summed E-state index contributed by atoms with van der Waals surface area (Å²) in [5, 5.41) is 3.21. The van der Waals surface area contributed by atoms with E-state index >= 15 is 0 Å². The molecule has 1 heterocycles. The highest BCUT2D eigenvalue weighted by molar-refractivity contribution is 14.1. The summed E-state index contributed by atoms with van der Waals surface area (Å²) in [5.74, 6) is 0.789. The molecule has 90 valence electrons. The molecule has 0 amide bonds. The second kappa shape index (κ2) is 7.67. The van der Waals surface area contributed by atoms with E-state index in [0.717, 1.165) is 22.5 Å². The van der Waals surface area contributed by atoms with Crippen molar-refractivity contribution in [2.45, 2.75) is 26.3 Å². The molecular weight excluding hydrogens is 321 g/mol. The summed E-state index contributed by atoms with van der Waals surface area (Å²) in [6.07, 6.45) is 1.26. The van der Waals surface area contributed by atoms with Crippen molar-refractivity contribution >= 4 is 28.6 Å². The zero-order chi connectivity index (χ0) is 11.8. The van der Waals surface area contributed by atoms with Crippen LogP contribution in [0, 0.1) is 3.77 Å². The number of rotatable bonds is 7. The number of halogens is 1. The lowest BCUT2D eigenvalue weighted by Crippen LogP contribution is -2.16. The first-order chi connectivity index (χ1) is 7.72. The second-order valence-electron chi connectivity index (χ2n) is 3.29. The SMILES string of the molecule is CCOC(=O)CCCNCc1ccc(I)o1. The Hall–Kier alpha value is -0.560. The smallest absolute Gasteiger partial charge is 0.305 e. The molecule has 5 heteroatoms. The highest BCUT2D eigenvalue weighted by Crippen LogP contribution is 2.09. The molecule has 4 nitrogen and oxygen atoms in total. The number of carbonyl (C=O) groups is 1. The molecule has 0 bridgehead atoms. The van der Waals surface area contributed by atoms with E-state index in [1.54, 1.807) is 0 Å². The van der Waals surface area contributed by atoms with E-state index in [-0.39, 0.29) is 5.97 Å². The molecule has 0 spiro atoms. The summed E-state index contributed by atoms with van der Waals surface area (Å²) in [6, 6.07) is 3.87. The first-order valence-electron chi connectivity index (χ1n) is 5.33. The number of hydrogen-bond acceptors (Lipinski definition) is 4. The van der Waals surface area contributed by atoms with E-state index in [1.807, 2.05) is 19.1 Å². The molecule has 0 aromatic carbocycles. The molecule has 0 saturated heterocycles. The molecule has 0 atom stereocenters. The molecule has 1 N–H and O–H groups in total. The summed E-state index contributed by atoms with van der Waals surface area (Å²) in [7, 11) is 0. The van der Waals surface area contributed by atoms with Crippen LogP contribution < -0.4 is 5.32 Å². The van der Waals surface area contributed by atoms with Gasteiger partial charge in [-0.3, -0.25) is 4.79 Å². The molecule has 1 aromatic heterocycles. The lowest BCUT2D eigenvalue weighted by Gasteiger charge is -2.03. The third kappa shape index (κ3) is 5.50. The van der Waals surface area contributed by atoms with Crippen LogP contribution in [0.2, 0.25) is 0 Å². The van der Waals surface area contributed by atoms with Crippen LogP contribution in [0.1, 0.15) is 25.5 Å². The average Bonchev–Trinajstić information content (AvgIpc) is 2.64. The number of nitrogens with one attached hydrogen (secondary N) is 1. The van der Waals surface area contributed by atoms with Gasteiger partial charge in [0, 0.05) is 6.42 Å². The highest BCUT2D eigenvalue weighted by Gasteiger charge is 2.01. The number of furan rings is 1. The molecule has 16 heavy (non-hydrogen) atoms. The van der Waals surface area contributed by atoms with Gasteiger partial charge in [-0.25, -0.2) is 0 Å². The Labute approximate surface area is 109 Å². The summed E-state index contributed by atoms with van der Waals surface area (Å²) < 4.78 is 11.1. The Morgan fingerprint density at radius 2 is 2.38 bits per heavy atom. The Balaban J connectivity index is 2.02. The van der Waals surface area contributed by atoms with Gasteiger partial charge in [-0.15, -0.1) is 0 Å². The quantitative estimate of drug-likeness (QED) is 0.471. The minimum Gasteiger partial charge on any atom is -0.466 e. The van der Waals surface area contributed by atoms with Gasteiger partial charge in [-0.1, -0.05) is 0 Å². The standard InChI is InChI=1S/C11H16INO3/c1-2-15-11(14)4-3-7-13-8-9-5-6-10(12)16-9/h5-6,13H,2-4,7-8H2,1H3. The maximum Gasteiger partial charge on any atom is 0.305 e. The van der Waals surface area contributed by atoms with Crippen molar-refractivity contribution < 1.29 is 13.9 Å². The third-order valence-electron chi connectivity index (χ3n) is 1.97. The Morgan fingerprint density at radius 3 is 3.00 bits per heavy atom. The molecule has 0 aliphatic carbocycles. The normalized spacial score (nSPS) is 10.4.